The summed E-state index contributed by atoms with van der Waals surface area (Å²) in [5, 5.41) is 54.2. The van der Waals surface area contributed by atoms with Crippen molar-refractivity contribution in [2.24, 2.45) is 44.2 Å². The molecule has 0 saturated carbocycles. The van der Waals surface area contributed by atoms with E-state index in [9.17, 15) is 14.7 Å². The van der Waals surface area contributed by atoms with Crippen molar-refractivity contribution in [3.8, 4) is 0 Å². The number of nitrogens with zero attached hydrogens (tertiary/aromatic N) is 7. The smallest absolute Gasteiger partial charge is 0.321 e. The van der Waals surface area contributed by atoms with Gasteiger partial charge in [-0.05, 0) is 95.3 Å². The summed E-state index contributed by atoms with van der Waals surface area (Å²) in [6, 6.07) is 0. The molecule has 6 aliphatic rings. The lowest BCUT2D eigenvalue weighted by Gasteiger charge is -2.29. The first-order valence-electron chi connectivity index (χ1n) is 35.4. The first-order chi connectivity index (χ1) is 46.3. The molecule has 17 N–H and O–H groups in total. The molecule has 532 valence electrons. The number of rotatable bonds is 52. The van der Waals surface area contributed by atoms with E-state index >= 15 is 0 Å². The van der Waals surface area contributed by atoms with Gasteiger partial charge in [0, 0.05) is 256 Å². The van der Waals surface area contributed by atoms with Crippen molar-refractivity contribution in [1.29, 1.82) is 0 Å². The number of nitrogens with two attached hydrogens (primary N) is 2. The van der Waals surface area contributed by atoms with Crippen LogP contribution >= 0.6 is 0 Å². The molecule has 0 spiro atoms. The van der Waals surface area contributed by atoms with Crippen molar-refractivity contribution in [2.45, 2.75) is 53.9 Å². The molecule has 1 aliphatic carbocycles. The third kappa shape index (κ3) is 24.2. The molecule has 0 aromatic rings. The van der Waals surface area contributed by atoms with Crippen molar-refractivity contribution in [2.75, 3.05) is 238 Å². The summed E-state index contributed by atoms with van der Waals surface area (Å²) in [5.74, 6) is -2.24. The topological polar surface area (TPSA) is 310 Å². The molecule has 3 atom stereocenters. The number of aliphatic hydroxyl groups excluding tert-OH is 1. The van der Waals surface area contributed by atoms with E-state index in [0.29, 0.717) is 55.2 Å². The number of likely N-dealkylation sites (N-methyl/N-ethyl adjacent to an activating group) is 3. The maximum atomic E-state index is 14.4. The molecular formula is C70H123N21O4. The predicted molar refractivity (Wildman–Crippen MR) is 391 cm³/mol. The van der Waals surface area contributed by atoms with Gasteiger partial charge in [0.2, 0.25) is 5.91 Å². The predicted octanol–water partition coefficient (Wildman–Crippen LogP) is 0.0502. The molecule has 6 rings (SSSR count). The Hall–Kier alpha value is -5.43. The molecule has 5 heterocycles. The zero-order valence-electron chi connectivity index (χ0n) is 59.5. The highest BCUT2D eigenvalue weighted by atomic mass is 16.5. The fourth-order valence-corrected chi connectivity index (χ4v) is 13.0. The van der Waals surface area contributed by atoms with Gasteiger partial charge in [-0.15, -0.1) is 0 Å². The van der Waals surface area contributed by atoms with E-state index in [2.05, 4.69) is 124 Å². The Kier molecular flexibility index (Phi) is 36.2. The van der Waals surface area contributed by atoms with Crippen LogP contribution in [-0.2, 0) is 14.3 Å². The monoisotopic (exact) mass is 1320 g/mol. The van der Waals surface area contributed by atoms with Gasteiger partial charge in [0.05, 0.1) is 41.3 Å². The molecule has 0 aromatic carbocycles. The van der Waals surface area contributed by atoms with E-state index in [1.165, 1.54) is 7.11 Å². The summed E-state index contributed by atoms with van der Waals surface area (Å²) in [7, 11) is 7.28. The molecule has 0 radical (unpaired) electrons. The maximum Gasteiger partial charge on any atom is 0.321 e. The molecule has 8 bridgehead atoms. The first-order valence-corrected chi connectivity index (χ1v) is 35.4. The SMILES string of the molecule is C=CC1=C(C)C2=NC1=CC1=NC(=CC3=C(C)C4=C(O)C(C(=O)OC)C(=C5NC(=C2)C(C)C5CCC(=O)NCCN(CCNCCN(CCN)CCNCCNC)CCN(CCNCCNCCNC)CCNCCN(CCNCCN)CCNCCNC)C4=N3)C(CC)=C1C. The Labute approximate surface area is 569 Å². The maximum absolute atomic E-state index is 14.4. The second kappa shape index (κ2) is 43.8. The molecule has 0 aromatic heterocycles. The number of hydrogen-bond donors (Lipinski definition) is 15. The highest BCUT2D eigenvalue weighted by molar-refractivity contribution is 6.24. The molecular weight excluding hydrogens is 1200 g/mol. The van der Waals surface area contributed by atoms with Crippen LogP contribution in [0.4, 0.5) is 0 Å². The van der Waals surface area contributed by atoms with Crippen LogP contribution in [-0.4, -0.2) is 291 Å². The van der Waals surface area contributed by atoms with E-state index in [1.807, 2.05) is 46.3 Å². The van der Waals surface area contributed by atoms with Crippen molar-refractivity contribution in [1.82, 2.24) is 83.4 Å². The van der Waals surface area contributed by atoms with Crippen LogP contribution < -0.4 is 75.3 Å². The fourth-order valence-electron chi connectivity index (χ4n) is 13.0. The standard InChI is InChI=1S/C70H123N21O4/c1-11-54-50(3)57-47-59-52(5)56(67(86-59)65-66(70(94)95-10)69(93)64-53(6)60(87-68(64)65)49-62-55(12-2)51(4)58(85-62)48-61(54)84-57)13-14-63(92)83-34-44-91(43-33-81-30-37-88(35-16-72)36-27-78-22-19-74-8)46-45-90(41-29-80-25-24-77-21-18-73-7)42-32-82-31-40-89(38-26-76-17-15-71)39-28-79-23-20-75-9/h11,47-49,52,56,66,73-82,86,93H,1,12-46,71-72H2,2-10H3,(H,83,92). The fraction of sp³-hybridized carbons (Fsp3) is 0.671. The Morgan fingerprint density at radius 3 is 1.58 bits per heavy atom. The minimum atomic E-state index is -1.11. The highest BCUT2D eigenvalue weighted by Crippen LogP contribution is 2.49. The minimum absolute atomic E-state index is 0.0523. The Balaban J connectivity index is 1.18. The molecule has 5 aliphatic heterocycles. The molecule has 95 heavy (non-hydrogen) atoms. The largest absolute Gasteiger partial charge is 0.510 e. The van der Waals surface area contributed by atoms with Gasteiger partial charge in [-0.1, -0.05) is 26.5 Å². The van der Waals surface area contributed by atoms with Crippen molar-refractivity contribution in [3.05, 3.63) is 104 Å². The highest BCUT2D eigenvalue weighted by Gasteiger charge is 2.49. The van der Waals surface area contributed by atoms with E-state index < -0.39 is 11.9 Å². The van der Waals surface area contributed by atoms with Crippen molar-refractivity contribution in [3.63, 3.8) is 0 Å². The van der Waals surface area contributed by atoms with Crippen LogP contribution in [0.1, 0.15) is 53.9 Å². The first kappa shape index (κ1) is 78.6. The lowest BCUT2D eigenvalue weighted by molar-refractivity contribution is -0.143. The Morgan fingerprint density at radius 1 is 0.600 bits per heavy atom. The normalized spacial score (nSPS) is 18.5. The number of allylic oxidation sites excluding steroid dienone is 11. The number of aliphatic hydroxyl groups is 1. The van der Waals surface area contributed by atoms with Crippen LogP contribution in [0.25, 0.3) is 0 Å². The third-order valence-corrected chi connectivity index (χ3v) is 18.8. The zero-order chi connectivity index (χ0) is 68.3. The lowest BCUT2D eigenvalue weighted by Crippen LogP contribution is -2.46. The number of esters is 1. The zero-order valence-corrected chi connectivity index (χ0v) is 59.5. The van der Waals surface area contributed by atoms with Crippen LogP contribution in [0.15, 0.2) is 119 Å². The van der Waals surface area contributed by atoms with E-state index in [0.717, 1.165) is 252 Å². The second-order valence-electron chi connectivity index (χ2n) is 25.3. The van der Waals surface area contributed by atoms with Gasteiger partial charge in [0.15, 0.2) is 0 Å². The van der Waals surface area contributed by atoms with Crippen molar-refractivity contribution < 1.29 is 19.4 Å². The number of amides is 1. The second-order valence-corrected chi connectivity index (χ2v) is 25.3. The van der Waals surface area contributed by atoms with Crippen LogP contribution in [0.3, 0.4) is 0 Å². The lowest BCUT2D eigenvalue weighted by atomic mass is 9.84. The van der Waals surface area contributed by atoms with E-state index in [-0.39, 0.29) is 29.9 Å². The summed E-state index contributed by atoms with van der Waals surface area (Å²) in [4.78, 5) is 53.9. The van der Waals surface area contributed by atoms with Gasteiger partial charge < -0.3 is 85.1 Å². The number of carbonyl (C=O) groups excluding carboxylic acids is 2. The number of hydrogen-bond acceptors (Lipinski definition) is 24. The van der Waals surface area contributed by atoms with E-state index in [1.54, 1.807) is 0 Å². The minimum Gasteiger partial charge on any atom is -0.510 e. The molecule has 1 fully saturated rings. The van der Waals surface area contributed by atoms with Gasteiger partial charge in [0.1, 0.15) is 11.7 Å². The average molecular weight is 1320 g/mol. The summed E-state index contributed by atoms with van der Waals surface area (Å²) in [6.45, 7) is 42.2. The molecule has 25 heteroatoms. The summed E-state index contributed by atoms with van der Waals surface area (Å²) < 4.78 is 5.44. The van der Waals surface area contributed by atoms with E-state index in [4.69, 9.17) is 31.2 Å². The molecule has 1 amide bonds. The Morgan fingerprint density at radius 2 is 1.07 bits per heavy atom. The number of aliphatic imine (C=N–C) groups is 3. The summed E-state index contributed by atoms with van der Waals surface area (Å²) >= 11 is 0. The van der Waals surface area contributed by atoms with Gasteiger partial charge in [-0.3, -0.25) is 29.2 Å². The molecule has 25 nitrogen and oxygen atoms in total. The summed E-state index contributed by atoms with van der Waals surface area (Å²) in [6.07, 6.45) is 9.43. The Bertz CT molecular complexity index is 2830. The van der Waals surface area contributed by atoms with Gasteiger partial charge in [0.25, 0.3) is 0 Å². The molecule has 3 unspecified atom stereocenters. The van der Waals surface area contributed by atoms with Crippen molar-refractivity contribution >= 4 is 29.0 Å². The average Bonchev–Trinajstić information content (AvgIpc) is 1.58. The van der Waals surface area contributed by atoms with Crippen LogP contribution in [0.2, 0.25) is 0 Å². The van der Waals surface area contributed by atoms with Gasteiger partial charge >= 0.3 is 5.97 Å². The van der Waals surface area contributed by atoms with Gasteiger partial charge in [-0.2, -0.15) is 0 Å². The third-order valence-electron chi connectivity index (χ3n) is 18.8. The number of methoxy groups -OCH3 is 1. The summed E-state index contributed by atoms with van der Waals surface area (Å²) in [5.41, 5.74) is 23.8. The molecule has 1 saturated heterocycles. The number of carbonyl (C=O) groups is 2. The number of fused-ring (bicyclic) bond motifs is 5. The van der Waals surface area contributed by atoms with Crippen LogP contribution in [0, 0.1) is 17.8 Å². The number of nitrogens with one attached hydrogen (secondary N) is 12. The van der Waals surface area contributed by atoms with Crippen LogP contribution in [0.5, 0.6) is 0 Å². The number of ether oxygens (including phenoxy) is 1. The van der Waals surface area contributed by atoms with Gasteiger partial charge in [-0.25, -0.2) is 15.0 Å². The quantitative estimate of drug-likeness (QED) is 0.0283.